The van der Waals surface area contributed by atoms with Gasteiger partial charge in [0.1, 0.15) is 36.3 Å². The fourth-order valence-electron chi connectivity index (χ4n) is 10.9. The molecule has 372 valence electrons. The molecule has 4 aliphatic rings. The molecule has 0 radical (unpaired) electrons. The van der Waals surface area contributed by atoms with Gasteiger partial charge in [-0.25, -0.2) is 9.59 Å². The summed E-state index contributed by atoms with van der Waals surface area (Å²) < 4.78 is 36.7. The smallest absolute Gasteiger partial charge is 0.338 e. The van der Waals surface area contributed by atoms with E-state index in [-0.39, 0.29) is 53.9 Å². The Hall–Kier alpha value is -6.46. The number of carbonyl (C=O) groups is 6. The topological polar surface area (TPSA) is 231 Å². The summed E-state index contributed by atoms with van der Waals surface area (Å²) in [6.45, 7) is 14.3. The number of carbonyl (C=O) groups excluding carboxylic acids is 6. The van der Waals surface area contributed by atoms with E-state index in [1.165, 1.54) is 38.1 Å². The highest BCUT2D eigenvalue weighted by molar-refractivity contribution is 5.96. The number of ether oxygens (including phenoxy) is 6. The maximum Gasteiger partial charge on any atom is 0.338 e. The highest BCUT2D eigenvalue weighted by Crippen LogP contribution is 2.64. The zero-order valence-corrected chi connectivity index (χ0v) is 40.0. The Morgan fingerprint density at radius 1 is 0.914 bits per heavy atom. The van der Waals surface area contributed by atoms with Gasteiger partial charge in [-0.15, -0.1) is 6.58 Å². The predicted octanol–water partition coefficient (Wildman–Crippen LogP) is 5.64. The number of amides is 1. The lowest BCUT2D eigenvalue weighted by atomic mass is 9.44. The van der Waals surface area contributed by atoms with Crippen molar-refractivity contribution >= 4 is 35.6 Å². The first-order valence-corrected chi connectivity index (χ1v) is 23.4. The van der Waals surface area contributed by atoms with Crippen LogP contribution in [0, 0.1) is 16.7 Å². The van der Waals surface area contributed by atoms with Crippen LogP contribution < -0.4 is 10.1 Å². The van der Waals surface area contributed by atoms with Gasteiger partial charge in [0.2, 0.25) is 0 Å². The number of hydrogen-bond donors (Lipinski definition) is 4. The van der Waals surface area contributed by atoms with Gasteiger partial charge in [0, 0.05) is 37.2 Å². The summed E-state index contributed by atoms with van der Waals surface area (Å²) >= 11 is 0. The summed E-state index contributed by atoms with van der Waals surface area (Å²) in [6, 6.07) is 20.9. The summed E-state index contributed by atoms with van der Waals surface area (Å²) in [5, 5.41) is 41.0. The van der Waals surface area contributed by atoms with E-state index in [2.05, 4.69) is 18.5 Å². The van der Waals surface area contributed by atoms with Crippen LogP contribution in [0.2, 0.25) is 0 Å². The fraction of sp³-hybridized carbons (Fsp3) is 0.444. The standard InChI is InChI=1S/C54H61NO15/c1-8-10-13-25-40(58)70-53-30-66-39(53)28-38(57)52(7)45(53)47(69-49(62)34-21-16-12-17-22-34)54(64)29-37(31(3)41(51(54,5)6)44(46(52)60)67-32(4)56)68-50(63)43(59)42(55-48(61)33-19-14-11-15-20-33)35-23-18-24-36(27-35)65-26-9-2/h8-9,11-12,14-24,27,37-39,42-45,47,57,59,64H,1-2,10,13,25-26,28-30H2,3-7H3,(H,55,61)/t37-,38-,39+,42-,43+,44+,45-,47-,52+,53-,54+/m0/s1. The molecule has 3 aromatic rings. The average Bonchev–Trinajstić information content (AvgIpc) is 3.33. The Morgan fingerprint density at radius 3 is 2.20 bits per heavy atom. The minimum atomic E-state index is -2.44. The summed E-state index contributed by atoms with van der Waals surface area (Å²) in [5.41, 5.74) is -7.40. The number of benzene rings is 3. The van der Waals surface area contributed by atoms with Crippen molar-refractivity contribution < 1.29 is 72.5 Å². The van der Waals surface area contributed by atoms with Crippen molar-refractivity contribution in [2.45, 2.75) is 121 Å². The van der Waals surface area contributed by atoms with Crippen molar-refractivity contribution in [3.05, 3.63) is 138 Å². The van der Waals surface area contributed by atoms with Gasteiger partial charge in [-0.1, -0.05) is 81.1 Å². The van der Waals surface area contributed by atoms with Gasteiger partial charge >= 0.3 is 23.9 Å². The number of aliphatic hydroxyl groups is 3. The van der Waals surface area contributed by atoms with E-state index < -0.39 is 113 Å². The second kappa shape index (κ2) is 20.5. The van der Waals surface area contributed by atoms with Crippen LogP contribution in [0.1, 0.15) is 99.0 Å². The van der Waals surface area contributed by atoms with Crippen molar-refractivity contribution in [1.82, 2.24) is 5.32 Å². The van der Waals surface area contributed by atoms with Gasteiger partial charge in [-0.2, -0.15) is 0 Å². The molecule has 11 atom stereocenters. The highest BCUT2D eigenvalue weighted by atomic mass is 16.6. The third kappa shape index (κ3) is 9.32. The van der Waals surface area contributed by atoms with Crippen molar-refractivity contribution in [1.29, 1.82) is 0 Å². The number of esters is 4. The van der Waals surface area contributed by atoms with Crippen LogP contribution in [0.15, 0.2) is 121 Å². The van der Waals surface area contributed by atoms with Gasteiger partial charge in [0.25, 0.3) is 5.91 Å². The molecule has 1 heterocycles. The number of Topliss-reactive ketones (excluding diaryl/α,β-unsaturated/α-hetero) is 1. The molecule has 3 aliphatic carbocycles. The van der Waals surface area contributed by atoms with E-state index in [1.807, 2.05) is 0 Å². The third-order valence-electron chi connectivity index (χ3n) is 14.7. The van der Waals surface area contributed by atoms with E-state index in [4.69, 9.17) is 28.4 Å². The molecule has 7 rings (SSSR count). The maximum atomic E-state index is 15.8. The van der Waals surface area contributed by atoms with E-state index in [0.717, 1.165) is 6.92 Å². The van der Waals surface area contributed by atoms with E-state index in [1.54, 1.807) is 86.7 Å². The van der Waals surface area contributed by atoms with Gasteiger partial charge in [-0.05, 0) is 79.8 Å². The molecule has 2 bridgehead atoms. The quantitative estimate of drug-likeness (QED) is 0.0556. The molecular formula is C54H61NO15. The van der Waals surface area contributed by atoms with E-state index in [0.29, 0.717) is 18.6 Å². The molecule has 1 amide bonds. The molecule has 0 spiro atoms. The Kier molecular flexibility index (Phi) is 15.0. The number of rotatable bonds is 17. The van der Waals surface area contributed by atoms with Gasteiger partial charge in [0.05, 0.1) is 35.6 Å². The highest BCUT2D eigenvalue weighted by Gasteiger charge is 2.78. The number of ketones is 1. The number of fused-ring (bicyclic) bond motifs is 5. The van der Waals surface area contributed by atoms with Crippen molar-refractivity contribution in [2.24, 2.45) is 16.7 Å². The average molecular weight is 964 g/mol. The Morgan fingerprint density at radius 2 is 1.59 bits per heavy atom. The van der Waals surface area contributed by atoms with Crippen molar-refractivity contribution in [3.8, 4) is 5.75 Å². The fourth-order valence-corrected chi connectivity index (χ4v) is 10.9. The lowest BCUT2D eigenvalue weighted by molar-refractivity contribution is -0.346. The first kappa shape index (κ1) is 51.4. The van der Waals surface area contributed by atoms with Crippen LogP contribution in [0.5, 0.6) is 5.75 Å². The Labute approximate surface area is 406 Å². The van der Waals surface area contributed by atoms with Crippen LogP contribution in [-0.2, 0) is 42.9 Å². The van der Waals surface area contributed by atoms with E-state index in [9.17, 15) is 39.3 Å². The number of aliphatic hydroxyl groups excluding tert-OH is 2. The maximum absolute atomic E-state index is 15.8. The summed E-state index contributed by atoms with van der Waals surface area (Å²) in [5.74, 6) is -6.58. The second-order valence-electron chi connectivity index (χ2n) is 19.2. The number of unbranched alkanes of at least 4 members (excludes halogenated alkanes) is 1. The minimum absolute atomic E-state index is 0.0233. The molecule has 0 aromatic heterocycles. The van der Waals surface area contributed by atoms with Crippen LogP contribution in [0.3, 0.4) is 0 Å². The lowest BCUT2D eigenvalue weighted by Gasteiger charge is -2.67. The molecule has 1 saturated heterocycles. The van der Waals surface area contributed by atoms with E-state index >= 15 is 4.79 Å². The van der Waals surface area contributed by atoms with Crippen LogP contribution in [-0.4, -0.2) is 112 Å². The Bertz CT molecular complexity index is 2540. The molecule has 3 fully saturated rings. The molecular weight excluding hydrogens is 903 g/mol. The summed E-state index contributed by atoms with van der Waals surface area (Å²) in [4.78, 5) is 85.6. The van der Waals surface area contributed by atoms with Gasteiger partial charge < -0.3 is 49.1 Å². The zero-order valence-electron chi connectivity index (χ0n) is 40.0. The monoisotopic (exact) mass is 963 g/mol. The van der Waals surface area contributed by atoms with Crippen LogP contribution in [0.25, 0.3) is 0 Å². The number of hydrogen-bond acceptors (Lipinski definition) is 15. The molecule has 1 aliphatic heterocycles. The van der Waals surface area contributed by atoms with Gasteiger partial charge in [0.15, 0.2) is 23.6 Å². The normalized spacial score (nSPS) is 29.4. The molecule has 70 heavy (non-hydrogen) atoms. The van der Waals surface area contributed by atoms with Crippen molar-refractivity contribution in [2.75, 3.05) is 13.2 Å². The zero-order chi connectivity index (χ0) is 50.8. The second-order valence-corrected chi connectivity index (χ2v) is 19.2. The Balaban J connectivity index is 1.38. The number of nitrogens with one attached hydrogen (secondary N) is 1. The molecule has 3 aromatic carbocycles. The third-order valence-corrected chi connectivity index (χ3v) is 14.7. The largest absolute Gasteiger partial charge is 0.490 e. The molecule has 2 saturated carbocycles. The summed E-state index contributed by atoms with van der Waals surface area (Å²) in [6.07, 6.45) is -6.91. The molecule has 16 heteroatoms. The van der Waals surface area contributed by atoms with Crippen LogP contribution >= 0.6 is 0 Å². The first-order chi connectivity index (χ1) is 33.2. The summed E-state index contributed by atoms with van der Waals surface area (Å²) in [7, 11) is 0. The first-order valence-electron chi connectivity index (χ1n) is 23.4. The lowest BCUT2D eigenvalue weighted by Crippen LogP contribution is -2.82. The van der Waals surface area contributed by atoms with Crippen molar-refractivity contribution in [3.63, 3.8) is 0 Å². The molecule has 16 nitrogen and oxygen atoms in total. The SMILES string of the molecule is C=CCCCC(=O)O[C@@]12CO[C@@H]1C[C@H](O)[C@@]1(C)C(=O)[C@H](OC(C)=O)C3=C(C)[C@@H](OC(=O)[C@H](O)[C@@H](NC(=O)c4ccccc4)c4cccc(OCC=C)c4)C[C@@](O)([C@@H](OC(=O)c4ccccc4)[C@H]21)C3(C)C. The van der Waals surface area contributed by atoms with Crippen LogP contribution in [0.4, 0.5) is 0 Å². The number of allylic oxidation sites excluding steroid dienone is 1. The van der Waals surface area contributed by atoms with Gasteiger partial charge in [-0.3, -0.25) is 19.2 Å². The predicted molar refractivity (Wildman–Crippen MR) is 252 cm³/mol. The minimum Gasteiger partial charge on any atom is -0.490 e. The molecule has 0 unspecified atom stereocenters. The molecule has 4 N–H and O–H groups in total.